The van der Waals surface area contributed by atoms with E-state index in [1.807, 2.05) is 0 Å². The van der Waals surface area contributed by atoms with Crippen LogP contribution in [0, 0.1) is 17.7 Å². The van der Waals surface area contributed by atoms with Crippen LogP contribution >= 0.6 is 11.6 Å². The lowest BCUT2D eigenvalue weighted by Gasteiger charge is -2.29. The van der Waals surface area contributed by atoms with E-state index in [-0.39, 0.29) is 5.02 Å². The largest absolute Gasteiger partial charge is 0.397 e. The van der Waals surface area contributed by atoms with Gasteiger partial charge in [0.1, 0.15) is 5.82 Å². The van der Waals surface area contributed by atoms with E-state index in [1.165, 1.54) is 12.1 Å². The minimum absolute atomic E-state index is 0.0743. The third kappa shape index (κ3) is 4.05. The van der Waals surface area contributed by atoms with Crippen LogP contribution in [-0.4, -0.2) is 13.1 Å². The summed E-state index contributed by atoms with van der Waals surface area (Å²) in [4.78, 5) is 2.13. The standard InChI is InChI=1S/C14H22ClFN2/c1-9(2)7-18(8-10(3)4)14-6-12(16)11(15)5-13(14)17/h5-6,9-10H,7-8,17H2,1-4H3. The van der Waals surface area contributed by atoms with Crippen molar-refractivity contribution in [1.82, 2.24) is 0 Å². The van der Waals surface area contributed by atoms with E-state index in [9.17, 15) is 4.39 Å². The first-order valence-corrected chi connectivity index (χ1v) is 6.68. The molecule has 0 fully saturated rings. The second-order valence-corrected chi connectivity index (χ2v) is 5.93. The van der Waals surface area contributed by atoms with Gasteiger partial charge in [-0.1, -0.05) is 39.3 Å². The van der Waals surface area contributed by atoms with E-state index in [0.717, 1.165) is 18.8 Å². The van der Waals surface area contributed by atoms with Crippen molar-refractivity contribution in [2.75, 3.05) is 23.7 Å². The molecule has 102 valence electrons. The van der Waals surface area contributed by atoms with Gasteiger partial charge in [0.05, 0.1) is 16.4 Å². The predicted molar refractivity (Wildman–Crippen MR) is 77.7 cm³/mol. The zero-order valence-corrected chi connectivity index (χ0v) is 12.3. The molecule has 0 bridgehead atoms. The highest BCUT2D eigenvalue weighted by molar-refractivity contribution is 6.31. The van der Waals surface area contributed by atoms with Gasteiger partial charge in [0.25, 0.3) is 0 Å². The van der Waals surface area contributed by atoms with Crippen LogP contribution in [0.3, 0.4) is 0 Å². The molecule has 0 aliphatic heterocycles. The summed E-state index contributed by atoms with van der Waals surface area (Å²) in [7, 11) is 0. The van der Waals surface area contributed by atoms with Gasteiger partial charge in [0.15, 0.2) is 0 Å². The van der Waals surface area contributed by atoms with Crippen molar-refractivity contribution in [3.05, 3.63) is 23.0 Å². The summed E-state index contributed by atoms with van der Waals surface area (Å²) in [5.41, 5.74) is 7.22. The van der Waals surface area contributed by atoms with Crippen LogP contribution < -0.4 is 10.6 Å². The number of halogens is 2. The number of anilines is 2. The zero-order chi connectivity index (χ0) is 13.9. The predicted octanol–water partition coefficient (Wildman–Crippen LogP) is 4.18. The molecule has 0 saturated carbocycles. The van der Waals surface area contributed by atoms with Gasteiger partial charge in [-0.3, -0.25) is 0 Å². The average molecular weight is 273 g/mol. The van der Waals surface area contributed by atoms with Gasteiger partial charge in [-0.15, -0.1) is 0 Å². The van der Waals surface area contributed by atoms with Crippen molar-refractivity contribution in [3.63, 3.8) is 0 Å². The summed E-state index contributed by atoms with van der Waals surface area (Å²) in [6.45, 7) is 10.2. The van der Waals surface area contributed by atoms with E-state index in [4.69, 9.17) is 17.3 Å². The molecule has 1 aromatic rings. The Balaban J connectivity index is 3.07. The molecule has 0 amide bonds. The Bertz CT molecular complexity index is 395. The fraction of sp³-hybridized carbons (Fsp3) is 0.571. The van der Waals surface area contributed by atoms with E-state index in [1.54, 1.807) is 0 Å². The molecule has 0 saturated heterocycles. The summed E-state index contributed by atoms with van der Waals surface area (Å²) in [5, 5.41) is 0.0743. The van der Waals surface area contributed by atoms with Crippen molar-refractivity contribution in [3.8, 4) is 0 Å². The molecular formula is C14H22ClFN2. The summed E-state index contributed by atoms with van der Waals surface area (Å²) in [6, 6.07) is 2.92. The minimum Gasteiger partial charge on any atom is -0.397 e. The molecule has 0 atom stereocenters. The molecule has 0 aliphatic rings. The van der Waals surface area contributed by atoms with Gasteiger partial charge in [-0.25, -0.2) is 4.39 Å². The smallest absolute Gasteiger partial charge is 0.144 e. The third-order valence-electron chi connectivity index (χ3n) is 2.58. The average Bonchev–Trinajstić information content (AvgIpc) is 2.21. The van der Waals surface area contributed by atoms with Crippen LogP contribution in [0.4, 0.5) is 15.8 Å². The van der Waals surface area contributed by atoms with Gasteiger partial charge in [0.2, 0.25) is 0 Å². The summed E-state index contributed by atoms with van der Waals surface area (Å²) in [6.07, 6.45) is 0. The maximum atomic E-state index is 13.6. The van der Waals surface area contributed by atoms with Gasteiger partial charge < -0.3 is 10.6 Å². The molecule has 2 N–H and O–H groups in total. The lowest BCUT2D eigenvalue weighted by atomic mass is 10.1. The molecule has 18 heavy (non-hydrogen) atoms. The van der Waals surface area contributed by atoms with Gasteiger partial charge in [-0.2, -0.15) is 0 Å². The highest BCUT2D eigenvalue weighted by Gasteiger charge is 2.15. The number of hydrogen-bond donors (Lipinski definition) is 1. The fourth-order valence-corrected chi connectivity index (χ4v) is 2.15. The first kappa shape index (κ1) is 15.1. The molecule has 1 rings (SSSR count). The Morgan fingerprint density at radius 2 is 1.67 bits per heavy atom. The third-order valence-corrected chi connectivity index (χ3v) is 2.87. The Hall–Kier alpha value is -0.960. The van der Waals surface area contributed by atoms with Crippen LogP contribution in [0.5, 0.6) is 0 Å². The zero-order valence-electron chi connectivity index (χ0n) is 11.5. The molecular weight excluding hydrogens is 251 g/mol. The Labute approximate surface area is 114 Å². The summed E-state index contributed by atoms with van der Waals surface area (Å²) in [5.74, 6) is 0.558. The van der Waals surface area contributed by atoms with Crippen LogP contribution in [0.25, 0.3) is 0 Å². The van der Waals surface area contributed by atoms with Crippen molar-refractivity contribution in [1.29, 1.82) is 0 Å². The Morgan fingerprint density at radius 3 is 2.11 bits per heavy atom. The van der Waals surface area contributed by atoms with Gasteiger partial charge in [0, 0.05) is 19.2 Å². The normalized spacial score (nSPS) is 11.3. The molecule has 1 aromatic carbocycles. The number of nitrogen functional groups attached to an aromatic ring is 1. The first-order valence-electron chi connectivity index (χ1n) is 6.30. The quantitative estimate of drug-likeness (QED) is 0.815. The molecule has 0 radical (unpaired) electrons. The Kier molecular flexibility index (Phi) is 5.27. The first-order chi connectivity index (χ1) is 8.31. The van der Waals surface area contributed by atoms with E-state index >= 15 is 0 Å². The van der Waals surface area contributed by atoms with Crippen LogP contribution in [-0.2, 0) is 0 Å². The van der Waals surface area contributed by atoms with Crippen LogP contribution in [0.15, 0.2) is 12.1 Å². The maximum Gasteiger partial charge on any atom is 0.144 e. The van der Waals surface area contributed by atoms with Gasteiger partial charge >= 0.3 is 0 Å². The molecule has 0 aliphatic carbocycles. The lowest BCUT2D eigenvalue weighted by molar-refractivity contribution is 0.551. The van der Waals surface area contributed by atoms with Gasteiger partial charge in [-0.05, 0) is 17.9 Å². The lowest BCUT2D eigenvalue weighted by Crippen LogP contribution is -2.32. The number of nitrogens with zero attached hydrogens (tertiary/aromatic N) is 1. The van der Waals surface area contributed by atoms with Crippen LogP contribution in [0.2, 0.25) is 5.02 Å². The summed E-state index contributed by atoms with van der Waals surface area (Å²) < 4.78 is 13.6. The molecule has 2 nitrogen and oxygen atoms in total. The fourth-order valence-electron chi connectivity index (χ4n) is 1.98. The highest BCUT2D eigenvalue weighted by atomic mass is 35.5. The van der Waals surface area contributed by atoms with Crippen molar-refractivity contribution in [2.24, 2.45) is 11.8 Å². The second-order valence-electron chi connectivity index (χ2n) is 5.52. The second kappa shape index (κ2) is 6.28. The van der Waals surface area contributed by atoms with E-state index < -0.39 is 5.82 Å². The van der Waals surface area contributed by atoms with Crippen LogP contribution in [0.1, 0.15) is 27.7 Å². The maximum absolute atomic E-state index is 13.6. The molecule has 4 heteroatoms. The molecule has 0 aromatic heterocycles. The van der Waals surface area contributed by atoms with E-state index in [2.05, 4.69) is 32.6 Å². The Morgan fingerprint density at radius 1 is 1.17 bits per heavy atom. The monoisotopic (exact) mass is 272 g/mol. The molecule has 0 spiro atoms. The number of benzene rings is 1. The molecule has 0 heterocycles. The number of nitrogens with two attached hydrogens (primary N) is 1. The molecule has 0 unspecified atom stereocenters. The van der Waals surface area contributed by atoms with Crippen molar-refractivity contribution >= 4 is 23.0 Å². The topological polar surface area (TPSA) is 29.3 Å². The van der Waals surface area contributed by atoms with Crippen molar-refractivity contribution in [2.45, 2.75) is 27.7 Å². The highest BCUT2D eigenvalue weighted by Crippen LogP contribution is 2.30. The number of rotatable bonds is 5. The summed E-state index contributed by atoms with van der Waals surface area (Å²) >= 11 is 5.73. The SMILES string of the molecule is CC(C)CN(CC(C)C)c1cc(F)c(Cl)cc1N. The number of hydrogen-bond acceptors (Lipinski definition) is 2. The van der Waals surface area contributed by atoms with E-state index in [0.29, 0.717) is 17.5 Å². The minimum atomic E-state index is -0.418. The van der Waals surface area contributed by atoms with Crippen molar-refractivity contribution < 1.29 is 4.39 Å².